The van der Waals surface area contributed by atoms with E-state index in [-0.39, 0.29) is 36.4 Å². The summed E-state index contributed by atoms with van der Waals surface area (Å²) in [6.07, 6.45) is 7.33. The zero-order valence-electron chi connectivity index (χ0n) is 15.5. The van der Waals surface area contributed by atoms with Crippen molar-refractivity contribution in [3.63, 3.8) is 0 Å². The van der Waals surface area contributed by atoms with Crippen molar-refractivity contribution in [3.05, 3.63) is 29.8 Å². The van der Waals surface area contributed by atoms with Crippen LogP contribution in [0.2, 0.25) is 0 Å². The molecule has 0 saturated carbocycles. The number of nitrogens with zero attached hydrogens (tertiary/aromatic N) is 1. The number of guanidine groups is 1. The van der Waals surface area contributed by atoms with Crippen molar-refractivity contribution in [2.75, 3.05) is 38.2 Å². The van der Waals surface area contributed by atoms with Gasteiger partial charge in [-0.25, -0.2) is 4.99 Å². The Kier molecular flexibility index (Phi) is 14.4. The van der Waals surface area contributed by atoms with E-state index in [2.05, 4.69) is 26.9 Å². The van der Waals surface area contributed by atoms with E-state index in [1.54, 1.807) is 12.1 Å². The number of anilines is 1. The molecule has 0 aliphatic heterocycles. The van der Waals surface area contributed by atoms with E-state index in [0.29, 0.717) is 11.6 Å². The minimum Gasteiger partial charge on any atom is -0.382 e. The molecule has 0 heterocycles. The molecular weight excluding hydrogens is 443 g/mol. The highest BCUT2D eigenvalue weighted by molar-refractivity contribution is 14.0. The van der Waals surface area contributed by atoms with Crippen molar-refractivity contribution >= 4 is 41.5 Å². The Morgan fingerprint density at radius 2 is 2.08 bits per heavy atom. The lowest BCUT2D eigenvalue weighted by Crippen LogP contribution is -2.38. The Bertz CT molecular complexity index is 599. The summed E-state index contributed by atoms with van der Waals surface area (Å²) in [4.78, 5) is 16.3. The molecule has 0 aromatic heterocycles. The molecule has 3 N–H and O–H groups in total. The standard InChI is InChI=1S/C19H28N4O2.HI/c1-4-16-10-9-11-17(14-16)23-18(24)15-22-19(20-5-2)21-12-7-8-13-25-6-3;/h1,9-11,14H,5-8,12-13,15H2,2-3H3,(H,23,24)(H2,20,21,22);1H. The molecule has 1 aromatic rings. The highest BCUT2D eigenvalue weighted by Crippen LogP contribution is 2.09. The van der Waals surface area contributed by atoms with Crippen LogP contribution in [0.3, 0.4) is 0 Å². The molecule has 1 aromatic carbocycles. The van der Waals surface area contributed by atoms with E-state index in [1.165, 1.54) is 0 Å². The van der Waals surface area contributed by atoms with Gasteiger partial charge in [-0.1, -0.05) is 12.0 Å². The van der Waals surface area contributed by atoms with Crippen LogP contribution in [0.4, 0.5) is 5.69 Å². The molecule has 144 valence electrons. The van der Waals surface area contributed by atoms with Crippen LogP contribution in [-0.2, 0) is 9.53 Å². The third kappa shape index (κ3) is 10.9. The van der Waals surface area contributed by atoms with Crippen LogP contribution in [0, 0.1) is 12.3 Å². The van der Waals surface area contributed by atoms with E-state index in [4.69, 9.17) is 11.2 Å². The van der Waals surface area contributed by atoms with Crippen LogP contribution >= 0.6 is 24.0 Å². The molecule has 0 radical (unpaired) electrons. The van der Waals surface area contributed by atoms with Crippen LogP contribution in [0.25, 0.3) is 0 Å². The Hall–Kier alpha value is -1.79. The van der Waals surface area contributed by atoms with Crippen LogP contribution < -0.4 is 16.0 Å². The summed E-state index contributed by atoms with van der Waals surface area (Å²) in [5, 5.41) is 9.13. The minimum atomic E-state index is -0.192. The summed E-state index contributed by atoms with van der Waals surface area (Å²) in [6, 6.07) is 7.17. The summed E-state index contributed by atoms with van der Waals surface area (Å²) in [5.74, 6) is 2.98. The first-order chi connectivity index (χ1) is 12.2. The van der Waals surface area contributed by atoms with Crippen molar-refractivity contribution in [1.82, 2.24) is 10.6 Å². The number of hydrogen-bond acceptors (Lipinski definition) is 3. The Balaban J connectivity index is 0.00000625. The number of carbonyl (C=O) groups excluding carboxylic acids is 1. The second kappa shape index (κ2) is 15.5. The number of aliphatic imine (C=N–C) groups is 1. The van der Waals surface area contributed by atoms with Crippen LogP contribution in [0.5, 0.6) is 0 Å². The topological polar surface area (TPSA) is 74.8 Å². The molecule has 0 aliphatic rings. The molecule has 6 nitrogen and oxygen atoms in total. The van der Waals surface area contributed by atoms with Gasteiger partial charge in [0.25, 0.3) is 0 Å². The summed E-state index contributed by atoms with van der Waals surface area (Å²) in [7, 11) is 0. The van der Waals surface area contributed by atoms with Crippen LogP contribution in [0.1, 0.15) is 32.3 Å². The third-order valence-electron chi connectivity index (χ3n) is 3.25. The van der Waals surface area contributed by atoms with Crippen LogP contribution in [0.15, 0.2) is 29.3 Å². The average Bonchev–Trinajstić information content (AvgIpc) is 2.62. The highest BCUT2D eigenvalue weighted by Gasteiger charge is 2.03. The fourth-order valence-electron chi connectivity index (χ4n) is 2.06. The number of benzene rings is 1. The molecule has 0 fully saturated rings. The second-order valence-electron chi connectivity index (χ2n) is 5.30. The Morgan fingerprint density at radius 1 is 1.27 bits per heavy atom. The molecular formula is C19H29IN4O2. The molecule has 1 rings (SSSR count). The molecule has 0 unspecified atom stereocenters. The van der Waals surface area contributed by atoms with Gasteiger partial charge in [0.05, 0.1) is 0 Å². The number of terminal acetylenes is 1. The van der Waals surface area contributed by atoms with E-state index in [9.17, 15) is 4.79 Å². The number of nitrogens with one attached hydrogen (secondary N) is 3. The summed E-state index contributed by atoms with van der Waals surface area (Å²) < 4.78 is 5.30. The number of unbranched alkanes of at least 4 members (excludes halogenated alkanes) is 1. The molecule has 26 heavy (non-hydrogen) atoms. The first-order valence-electron chi connectivity index (χ1n) is 8.66. The molecule has 0 saturated heterocycles. The van der Waals surface area contributed by atoms with E-state index in [0.717, 1.165) is 44.7 Å². The quantitative estimate of drug-likeness (QED) is 0.161. The molecule has 0 bridgehead atoms. The largest absolute Gasteiger partial charge is 0.382 e. The molecule has 1 amide bonds. The number of hydrogen-bond donors (Lipinski definition) is 3. The maximum Gasteiger partial charge on any atom is 0.246 e. The van der Waals surface area contributed by atoms with Crippen molar-refractivity contribution in [3.8, 4) is 12.3 Å². The molecule has 7 heteroatoms. The Morgan fingerprint density at radius 3 is 2.77 bits per heavy atom. The van der Waals surface area contributed by atoms with Gasteiger partial charge in [0.1, 0.15) is 6.54 Å². The maximum absolute atomic E-state index is 12.0. The van der Waals surface area contributed by atoms with Gasteiger partial charge in [-0.05, 0) is 44.9 Å². The van der Waals surface area contributed by atoms with Gasteiger partial charge in [0.2, 0.25) is 5.91 Å². The first-order valence-corrected chi connectivity index (χ1v) is 8.66. The van der Waals surface area contributed by atoms with Crippen molar-refractivity contribution in [2.45, 2.75) is 26.7 Å². The lowest BCUT2D eigenvalue weighted by atomic mass is 10.2. The number of rotatable bonds is 10. The predicted molar refractivity (Wildman–Crippen MR) is 118 cm³/mol. The number of carbonyl (C=O) groups is 1. The highest BCUT2D eigenvalue weighted by atomic mass is 127. The minimum absolute atomic E-state index is 0. The van der Waals surface area contributed by atoms with Crippen molar-refractivity contribution < 1.29 is 9.53 Å². The number of halogens is 1. The maximum atomic E-state index is 12.0. The zero-order valence-corrected chi connectivity index (χ0v) is 17.8. The number of amides is 1. The van der Waals surface area contributed by atoms with Gasteiger partial charge in [0.15, 0.2) is 5.96 Å². The fourth-order valence-corrected chi connectivity index (χ4v) is 2.06. The lowest BCUT2D eigenvalue weighted by molar-refractivity contribution is -0.114. The molecule has 0 aliphatic carbocycles. The molecule has 0 atom stereocenters. The fraction of sp³-hybridized carbons (Fsp3) is 0.474. The smallest absolute Gasteiger partial charge is 0.246 e. The molecule has 0 spiro atoms. The zero-order chi connectivity index (χ0) is 18.3. The average molecular weight is 472 g/mol. The van der Waals surface area contributed by atoms with Gasteiger partial charge in [-0.15, -0.1) is 30.4 Å². The monoisotopic (exact) mass is 472 g/mol. The van der Waals surface area contributed by atoms with Crippen LogP contribution in [-0.4, -0.2) is 44.7 Å². The summed E-state index contributed by atoms with van der Waals surface area (Å²) >= 11 is 0. The van der Waals surface area contributed by atoms with E-state index in [1.807, 2.05) is 26.0 Å². The van der Waals surface area contributed by atoms with E-state index < -0.39 is 0 Å². The summed E-state index contributed by atoms with van der Waals surface area (Å²) in [5.41, 5.74) is 1.40. The van der Waals surface area contributed by atoms with Gasteiger partial charge < -0.3 is 20.7 Å². The van der Waals surface area contributed by atoms with Gasteiger partial charge in [0, 0.05) is 37.6 Å². The van der Waals surface area contributed by atoms with Gasteiger partial charge in [-0.2, -0.15) is 0 Å². The third-order valence-corrected chi connectivity index (χ3v) is 3.25. The first kappa shape index (κ1) is 24.2. The van der Waals surface area contributed by atoms with E-state index >= 15 is 0 Å². The van der Waals surface area contributed by atoms with Gasteiger partial charge in [-0.3, -0.25) is 4.79 Å². The predicted octanol–water partition coefficient (Wildman–Crippen LogP) is 2.60. The number of ether oxygens (including phenoxy) is 1. The van der Waals surface area contributed by atoms with Gasteiger partial charge >= 0.3 is 0 Å². The lowest BCUT2D eigenvalue weighted by Gasteiger charge is -2.11. The Labute approximate surface area is 173 Å². The van der Waals surface area contributed by atoms with Crippen molar-refractivity contribution in [1.29, 1.82) is 0 Å². The second-order valence-corrected chi connectivity index (χ2v) is 5.30. The summed E-state index contributed by atoms with van der Waals surface area (Å²) in [6.45, 7) is 7.04. The van der Waals surface area contributed by atoms with Crippen molar-refractivity contribution in [2.24, 2.45) is 4.99 Å². The normalized spacial score (nSPS) is 10.4. The SMILES string of the molecule is C#Cc1cccc(NC(=O)CN=C(NCC)NCCCCOCC)c1.I.